The van der Waals surface area contributed by atoms with Gasteiger partial charge in [-0.3, -0.25) is 34.2 Å². The Morgan fingerprint density at radius 3 is 1.93 bits per heavy atom. The van der Waals surface area contributed by atoms with Crippen LogP contribution in [0.15, 0.2) is 30.3 Å². The highest BCUT2D eigenvalue weighted by atomic mass is 16.5. The van der Waals surface area contributed by atoms with Gasteiger partial charge in [-0.05, 0) is 50.1 Å². The third-order valence-electron chi connectivity index (χ3n) is 8.47. The average molecular weight is 792 g/mol. The van der Waals surface area contributed by atoms with Crippen LogP contribution in [0.25, 0.3) is 0 Å². The summed E-state index contributed by atoms with van der Waals surface area (Å²) in [5.74, 6) is -4.77. The molecule has 0 fully saturated rings. The predicted molar refractivity (Wildman–Crippen MR) is 212 cm³/mol. The quantitative estimate of drug-likeness (QED) is 0.0237. The van der Waals surface area contributed by atoms with E-state index in [1.54, 1.807) is 38.1 Å². The maximum atomic E-state index is 13.8. The lowest BCUT2D eigenvalue weighted by molar-refractivity contribution is -0.136. The van der Waals surface area contributed by atoms with Crippen LogP contribution in [0, 0.1) is 11.3 Å². The number of amides is 6. The number of aliphatic hydroxyl groups excluding tert-OH is 1. The topological polar surface area (TPSA) is 304 Å². The number of hydrogen-bond acceptors (Lipinski definition) is 11. The Morgan fingerprint density at radius 1 is 0.750 bits per heavy atom. The van der Waals surface area contributed by atoms with Crippen molar-refractivity contribution in [3.05, 3.63) is 35.9 Å². The fourth-order valence-corrected chi connectivity index (χ4v) is 5.40. The smallest absolute Gasteiger partial charge is 0.246 e. The van der Waals surface area contributed by atoms with Crippen molar-refractivity contribution in [1.82, 2.24) is 42.5 Å². The van der Waals surface area contributed by atoms with Gasteiger partial charge in [0.1, 0.15) is 36.8 Å². The van der Waals surface area contributed by atoms with Gasteiger partial charge in [-0.2, -0.15) is 0 Å². The molecule has 0 aliphatic carbocycles. The monoisotopic (exact) mass is 792 g/mol. The highest BCUT2D eigenvalue weighted by Crippen LogP contribution is 2.09. The Labute approximate surface area is 329 Å². The number of benzene rings is 1. The molecule has 1 rings (SSSR count). The Hall–Kier alpha value is -4.85. The van der Waals surface area contributed by atoms with E-state index in [1.165, 1.54) is 7.05 Å². The molecule has 56 heavy (non-hydrogen) atoms. The van der Waals surface area contributed by atoms with E-state index in [9.17, 15) is 33.9 Å². The molecule has 0 saturated heterocycles. The number of unbranched alkanes of at least 4 members (excludes halogenated alkanes) is 1. The first-order valence-electron chi connectivity index (χ1n) is 19.1. The molecule has 6 amide bonds. The molecule has 316 valence electrons. The maximum Gasteiger partial charge on any atom is 0.246 e. The standard InChI is InChI=1S/C37H65N11O8/c1-23(2)31(36(55)47-29(21-49)35(54)46-28(32(51)41-5)20-25-12-7-6-8-13-25)48-34(53)27(15-11-17-43-37(39)40)45-33(52)26(14-9-10-16-38)44-30(50)22-56-19-18-42-24(3)4/h6-8,12-13,23-24,26-29,31,42,49H,9-11,14-22,38H2,1-5H3,(H,41,51)(H,44,50)(H,45,52)(H,46,54)(H,47,55)(H,48,53)(H4,39,40,43)/t26-,27-,28-,29-,31-/m0/s1. The first-order chi connectivity index (χ1) is 26.6. The summed E-state index contributed by atoms with van der Waals surface area (Å²) in [6.45, 7) is 7.61. The van der Waals surface area contributed by atoms with Gasteiger partial charge in [0.25, 0.3) is 0 Å². The number of carbonyl (C=O) groups is 6. The van der Waals surface area contributed by atoms with Gasteiger partial charge >= 0.3 is 0 Å². The van der Waals surface area contributed by atoms with Crippen LogP contribution in [-0.4, -0.2) is 129 Å². The van der Waals surface area contributed by atoms with Crippen molar-refractivity contribution in [2.45, 2.75) is 102 Å². The van der Waals surface area contributed by atoms with Crippen molar-refractivity contribution in [2.75, 3.05) is 46.5 Å². The van der Waals surface area contributed by atoms with Crippen LogP contribution in [0.1, 0.15) is 65.4 Å². The molecule has 14 N–H and O–H groups in total. The SMILES string of the molecule is CNC(=O)[C@H](Cc1ccccc1)NC(=O)[C@H](CO)NC(=O)[C@@H](NC(=O)[C@H](CCCNC(=N)N)NC(=O)[C@H](CCCCN)NC(=O)COCCNC(C)C)C(C)C. The summed E-state index contributed by atoms with van der Waals surface area (Å²) in [5.41, 5.74) is 11.8. The number of aliphatic hydroxyl groups is 1. The van der Waals surface area contributed by atoms with Crippen LogP contribution in [0.5, 0.6) is 0 Å². The van der Waals surface area contributed by atoms with Crippen molar-refractivity contribution in [3.8, 4) is 0 Å². The van der Waals surface area contributed by atoms with Gasteiger partial charge in [0.05, 0.1) is 13.2 Å². The van der Waals surface area contributed by atoms with Crippen LogP contribution in [0.4, 0.5) is 0 Å². The molecule has 0 aliphatic rings. The molecule has 0 spiro atoms. The number of guanidine groups is 1. The van der Waals surface area contributed by atoms with Crippen LogP contribution in [0.3, 0.4) is 0 Å². The largest absolute Gasteiger partial charge is 0.394 e. The van der Waals surface area contributed by atoms with Crippen molar-refractivity contribution in [3.63, 3.8) is 0 Å². The van der Waals surface area contributed by atoms with Gasteiger partial charge in [-0.25, -0.2) is 0 Å². The molecule has 0 heterocycles. The molecular formula is C37H65N11O8. The molecule has 0 aromatic heterocycles. The lowest BCUT2D eigenvalue weighted by Gasteiger charge is -2.28. The first-order valence-corrected chi connectivity index (χ1v) is 19.1. The summed E-state index contributed by atoms with van der Waals surface area (Å²) >= 11 is 0. The minimum absolute atomic E-state index is 0.0592. The van der Waals surface area contributed by atoms with Crippen molar-refractivity contribution < 1.29 is 38.6 Å². The Morgan fingerprint density at radius 2 is 1.34 bits per heavy atom. The molecule has 1 aromatic rings. The second-order valence-corrected chi connectivity index (χ2v) is 13.9. The lowest BCUT2D eigenvalue weighted by atomic mass is 10.0. The minimum atomic E-state index is -1.47. The van der Waals surface area contributed by atoms with E-state index < -0.39 is 78.2 Å². The van der Waals surface area contributed by atoms with Gasteiger partial charge < -0.3 is 63.8 Å². The molecular weight excluding hydrogens is 726 g/mol. The number of carbonyl (C=O) groups excluding carboxylic acids is 6. The fraction of sp³-hybridized carbons (Fsp3) is 0.649. The molecule has 5 atom stereocenters. The molecule has 19 heteroatoms. The van der Waals surface area contributed by atoms with Crippen molar-refractivity contribution >= 4 is 41.4 Å². The van der Waals surface area contributed by atoms with E-state index in [1.807, 2.05) is 19.9 Å². The highest BCUT2D eigenvalue weighted by molar-refractivity contribution is 5.96. The van der Waals surface area contributed by atoms with Crippen LogP contribution >= 0.6 is 0 Å². The van der Waals surface area contributed by atoms with Crippen LogP contribution in [-0.2, 0) is 39.9 Å². The number of nitrogens with two attached hydrogens (primary N) is 2. The van der Waals surface area contributed by atoms with Crippen molar-refractivity contribution in [2.24, 2.45) is 17.4 Å². The van der Waals surface area contributed by atoms with Gasteiger partial charge in [-0.1, -0.05) is 58.0 Å². The van der Waals surface area contributed by atoms with Crippen LogP contribution < -0.4 is 54.0 Å². The zero-order valence-electron chi connectivity index (χ0n) is 33.4. The summed E-state index contributed by atoms with van der Waals surface area (Å²) in [6.07, 6.45) is 1.83. The fourth-order valence-electron chi connectivity index (χ4n) is 5.40. The predicted octanol–water partition coefficient (Wildman–Crippen LogP) is -2.55. The van der Waals surface area contributed by atoms with Crippen LogP contribution in [0.2, 0.25) is 0 Å². The molecule has 0 unspecified atom stereocenters. The molecule has 19 nitrogen and oxygen atoms in total. The summed E-state index contributed by atoms with van der Waals surface area (Å²) in [5, 5.41) is 38.9. The zero-order valence-corrected chi connectivity index (χ0v) is 33.4. The zero-order chi connectivity index (χ0) is 42.0. The summed E-state index contributed by atoms with van der Waals surface area (Å²) in [7, 11) is 1.42. The summed E-state index contributed by atoms with van der Waals surface area (Å²) < 4.78 is 5.43. The van der Waals surface area contributed by atoms with Crippen molar-refractivity contribution in [1.29, 1.82) is 5.41 Å². The number of nitrogens with one attached hydrogen (secondary N) is 9. The number of ether oxygens (including phenoxy) is 1. The summed E-state index contributed by atoms with van der Waals surface area (Å²) in [6, 6.07) is 3.32. The number of hydrogen-bond donors (Lipinski definition) is 12. The third-order valence-corrected chi connectivity index (χ3v) is 8.47. The minimum Gasteiger partial charge on any atom is -0.394 e. The molecule has 0 saturated carbocycles. The third kappa shape index (κ3) is 20.2. The van der Waals surface area contributed by atoms with Gasteiger partial charge in [-0.15, -0.1) is 0 Å². The molecule has 0 bridgehead atoms. The highest BCUT2D eigenvalue weighted by Gasteiger charge is 2.33. The van der Waals surface area contributed by atoms with E-state index in [-0.39, 0.29) is 57.4 Å². The average Bonchev–Trinajstić information content (AvgIpc) is 3.15. The normalized spacial score (nSPS) is 13.7. The Kier molecular flexibility index (Phi) is 24.3. The Balaban J connectivity index is 3.13. The van der Waals surface area contributed by atoms with E-state index in [0.717, 1.165) is 5.56 Å². The number of likely N-dealkylation sites (N-methyl/N-ethyl adjacent to an activating group) is 1. The molecule has 0 aliphatic heterocycles. The van der Waals surface area contributed by atoms with Gasteiger partial charge in [0.15, 0.2) is 5.96 Å². The van der Waals surface area contributed by atoms with E-state index >= 15 is 0 Å². The van der Waals surface area contributed by atoms with E-state index in [0.29, 0.717) is 25.9 Å². The first kappa shape index (κ1) is 49.2. The number of rotatable bonds is 28. The molecule has 0 radical (unpaired) electrons. The second kappa shape index (κ2) is 27.7. The molecule has 1 aromatic carbocycles. The van der Waals surface area contributed by atoms with E-state index in [4.69, 9.17) is 21.6 Å². The second-order valence-electron chi connectivity index (χ2n) is 13.9. The lowest BCUT2D eigenvalue weighted by Crippen LogP contribution is -2.61. The Bertz CT molecular complexity index is 1380. The van der Waals surface area contributed by atoms with Gasteiger partial charge in [0.2, 0.25) is 35.4 Å². The van der Waals surface area contributed by atoms with E-state index in [2.05, 4.69) is 42.5 Å². The van der Waals surface area contributed by atoms with Gasteiger partial charge in [0, 0.05) is 32.6 Å². The summed E-state index contributed by atoms with van der Waals surface area (Å²) in [4.78, 5) is 79.6. The maximum absolute atomic E-state index is 13.8.